The molecule has 4 nitrogen and oxygen atoms in total. The van der Waals surface area contributed by atoms with Gasteiger partial charge in [0, 0.05) is 11.0 Å². The molecule has 2 rings (SSSR count). The average molecular weight is 353 g/mol. The molecule has 5 heteroatoms. The van der Waals surface area contributed by atoms with Crippen molar-refractivity contribution in [3.05, 3.63) is 33.0 Å². The summed E-state index contributed by atoms with van der Waals surface area (Å²) in [6, 6.07) is 5.59. The number of ether oxygens (including phenoxy) is 1. The van der Waals surface area contributed by atoms with E-state index in [0.717, 1.165) is 22.7 Å². The predicted octanol–water partition coefficient (Wildman–Crippen LogP) is 3.99. The van der Waals surface area contributed by atoms with Crippen LogP contribution >= 0.6 is 15.9 Å². The lowest BCUT2D eigenvalue weighted by molar-refractivity contribution is 0.297. The molecule has 0 aliphatic heterocycles. The maximum absolute atomic E-state index is 12.5. The fourth-order valence-electron chi connectivity index (χ4n) is 2.07. The van der Waals surface area contributed by atoms with Gasteiger partial charge in [0.2, 0.25) is 5.88 Å². The molecule has 1 aromatic heterocycles. The summed E-state index contributed by atoms with van der Waals surface area (Å²) in [5.74, 6) is 1.07. The Hall–Kier alpha value is -1.36. The molecular weight excluding hydrogens is 332 g/mol. The summed E-state index contributed by atoms with van der Waals surface area (Å²) < 4.78 is 8.18. The number of hydrogen-bond donors (Lipinski definition) is 0. The van der Waals surface area contributed by atoms with E-state index >= 15 is 0 Å². The highest BCUT2D eigenvalue weighted by molar-refractivity contribution is 9.10. The number of hydrogen-bond acceptors (Lipinski definition) is 3. The van der Waals surface area contributed by atoms with Crippen LogP contribution < -0.4 is 10.3 Å². The fourth-order valence-corrected chi connectivity index (χ4v) is 2.43. The molecule has 0 bridgehead atoms. The van der Waals surface area contributed by atoms with Gasteiger partial charge in [-0.25, -0.2) is 4.68 Å². The molecular formula is C16H21BrN2O2. The van der Waals surface area contributed by atoms with E-state index in [1.165, 1.54) is 4.68 Å². The normalized spacial score (nSPS) is 11.3. The Morgan fingerprint density at radius 3 is 2.76 bits per heavy atom. The van der Waals surface area contributed by atoms with Crippen LogP contribution in [0.2, 0.25) is 0 Å². The van der Waals surface area contributed by atoms with Crippen molar-refractivity contribution >= 4 is 26.7 Å². The fraction of sp³-hybridized carbons (Fsp3) is 0.500. The van der Waals surface area contributed by atoms with E-state index in [4.69, 9.17) is 4.74 Å². The second kappa shape index (κ2) is 7.07. The first-order valence-corrected chi connectivity index (χ1v) is 8.15. The van der Waals surface area contributed by atoms with Gasteiger partial charge in [0.25, 0.3) is 5.56 Å². The third-order valence-electron chi connectivity index (χ3n) is 3.25. The van der Waals surface area contributed by atoms with Crippen molar-refractivity contribution in [1.82, 2.24) is 9.78 Å². The van der Waals surface area contributed by atoms with Gasteiger partial charge < -0.3 is 4.74 Å². The van der Waals surface area contributed by atoms with Crippen molar-refractivity contribution in [2.24, 2.45) is 5.92 Å². The maximum atomic E-state index is 12.5. The van der Waals surface area contributed by atoms with E-state index in [1.807, 2.05) is 25.1 Å². The van der Waals surface area contributed by atoms with Gasteiger partial charge in [-0.1, -0.05) is 36.7 Å². The van der Waals surface area contributed by atoms with E-state index in [9.17, 15) is 4.79 Å². The molecule has 21 heavy (non-hydrogen) atoms. The van der Waals surface area contributed by atoms with Gasteiger partial charge >= 0.3 is 0 Å². The van der Waals surface area contributed by atoms with Crippen LogP contribution in [-0.4, -0.2) is 16.4 Å². The number of halogens is 1. The molecule has 0 aliphatic carbocycles. The summed E-state index contributed by atoms with van der Waals surface area (Å²) in [6.45, 7) is 7.53. The van der Waals surface area contributed by atoms with E-state index in [0.29, 0.717) is 30.3 Å². The van der Waals surface area contributed by atoms with Crippen molar-refractivity contribution in [2.75, 3.05) is 6.61 Å². The molecule has 0 N–H and O–H groups in total. The lowest BCUT2D eigenvalue weighted by Crippen LogP contribution is -2.24. The van der Waals surface area contributed by atoms with Crippen LogP contribution in [0.5, 0.6) is 5.88 Å². The number of aryl methyl sites for hydroxylation is 1. The highest BCUT2D eigenvalue weighted by Gasteiger charge is 2.12. The molecule has 0 unspecified atom stereocenters. The van der Waals surface area contributed by atoms with Gasteiger partial charge in [-0.05, 0) is 37.0 Å². The molecule has 0 amide bonds. The minimum atomic E-state index is -0.0537. The highest BCUT2D eigenvalue weighted by atomic mass is 79.9. The first kappa shape index (κ1) is 16.0. The monoisotopic (exact) mass is 352 g/mol. The molecule has 0 saturated carbocycles. The molecule has 0 aliphatic rings. The van der Waals surface area contributed by atoms with Crippen LogP contribution in [0.4, 0.5) is 0 Å². The summed E-state index contributed by atoms with van der Waals surface area (Å²) in [5, 5.41) is 5.83. The number of rotatable bonds is 6. The Balaban J connectivity index is 2.53. The molecule has 0 saturated heterocycles. The smallest absolute Gasteiger partial charge is 0.274 e. The molecule has 0 fully saturated rings. The largest absolute Gasteiger partial charge is 0.476 e. The third-order valence-corrected chi connectivity index (χ3v) is 3.74. The summed E-state index contributed by atoms with van der Waals surface area (Å²) in [4.78, 5) is 12.5. The lowest BCUT2D eigenvalue weighted by atomic mass is 10.1. The quantitative estimate of drug-likeness (QED) is 0.789. The van der Waals surface area contributed by atoms with Crippen molar-refractivity contribution in [1.29, 1.82) is 0 Å². The summed E-state index contributed by atoms with van der Waals surface area (Å²) in [7, 11) is 0. The highest BCUT2D eigenvalue weighted by Crippen LogP contribution is 2.24. The van der Waals surface area contributed by atoms with Gasteiger partial charge in [-0.15, -0.1) is 5.10 Å². The maximum Gasteiger partial charge on any atom is 0.274 e. The van der Waals surface area contributed by atoms with Crippen molar-refractivity contribution in [2.45, 2.75) is 40.2 Å². The van der Waals surface area contributed by atoms with Gasteiger partial charge in [0.15, 0.2) is 0 Å². The van der Waals surface area contributed by atoms with Crippen LogP contribution in [0.25, 0.3) is 10.8 Å². The molecule has 0 radical (unpaired) electrons. The summed E-state index contributed by atoms with van der Waals surface area (Å²) >= 11 is 3.44. The molecule has 1 aromatic carbocycles. The first-order chi connectivity index (χ1) is 10.0. The lowest BCUT2D eigenvalue weighted by Gasteiger charge is -2.12. The molecule has 114 valence electrons. The molecule has 0 spiro atoms. The van der Waals surface area contributed by atoms with Crippen LogP contribution in [0.1, 0.15) is 33.6 Å². The SMILES string of the molecule is CCCOc1nn(CCC(C)C)c(=O)c2ccc(Br)cc12. The first-order valence-electron chi connectivity index (χ1n) is 7.36. The van der Waals surface area contributed by atoms with Gasteiger partial charge in [-0.3, -0.25) is 4.79 Å². The second-order valence-corrected chi connectivity index (χ2v) is 6.47. The van der Waals surface area contributed by atoms with Gasteiger partial charge in [0.05, 0.1) is 17.4 Å². The predicted molar refractivity (Wildman–Crippen MR) is 88.9 cm³/mol. The van der Waals surface area contributed by atoms with E-state index in [1.54, 1.807) is 0 Å². The zero-order chi connectivity index (χ0) is 15.4. The third kappa shape index (κ3) is 3.84. The van der Waals surface area contributed by atoms with E-state index < -0.39 is 0 Å². The summed E-state index contributed by atoms with van der Waals surface area (Å²) in [5.41, 5.74) is -0.0537. The Kier molecular flexibility index (Phi) is 5.39. The van der Waals surface area contributed by atoms with Gasteiger partial charge in [-0.2, -0.15) is 0 Å². The molecule has 0 atom stereocenters. The van der Waals surface area contributed by atoms with Crippen LogP contribution in [-0.2, 0) is 6.54 Å². The standard InChI is InChI=1S/C16H21BrN2O2/c1-4-9-21-15-14-10-12(17)5-6-13(14)16(20)19(18-15)8-7-11(2)3/h5-6,10-11H,4,7-9H2,1-3H3. The second-order valence-electron chi connectivity index (χ2n) is 5.55. The van der Waals surface area contributed by atoms with Crippen LogP contribution in [0, 0.1) is 5.92 Å². The number of fused-ring (bicyclic) bond motifs is 1. The number of benzene rings is 1. The minimum Gasteiger partial charge on any atom is -0.476 e. The number of nitrogens with zero attached hydrogens (tertiary/aromatic N) is 2. The molecule has 2 aromatic rings. The van der Waals surface area contributed by atoms with Crippen LogP contribution in [0.15, 0.2) is 27.5 Å². The van der Waals surface area contributed by atoms with Crippen molar-refractivity contribution in [3.8, 4) is 5.88 Å². The van der Waals surface area contributed by atoms with E-state index in [-0.39, 0.29) is 5.56 Å². The van der Waals surface area contributed by atoms with E-state index in [2.05, 4.69) is 34.9 Å². The Morgan fingerprint density at radius 1 is 1.33 bits per heavy atom. The Morgan fingerprint density at radius 2 is 2.10 bits per heavy atom. The zero-order valence-electron chi connectivity index (χ0n) is 12.7. The average Bonchev–Trinajstić information content (AvgIpc) is 2.45. The number of aromatic nitrogens is 2. The Bertz CT molecular complexity index is 680. The summed E-state index contributed by atoms with van der Waals surface area (Å²) in [6.07, 6.45) is 1.82. The van der Waals surface area contributed by atoms with Crippen LogP contribution in [0.3, 0.4) is 0 Å². The zero-order valence-corrected chi connectivity index (χ0v) is 14.3. The van der Waals surface area contributed by atoms with Gasteiger partial charge in [0.1, 0.15) is 0 Å². The van der Waals surface area contributed by atoms with Crippen molar-refractivity contribution < 1.29 is 4.74 Å². The minimum absolute atomic E-state index is 0.0537. The Labute approximate surface area is 133 Å². The molecule has 1 heterocycles. The topological polar surface area (TPSA) is 44.1 Å². The van der Waals surface area contributed by atoms with Crippen molar-refractivity contribution in [3.63, 3.8) is 0 Å².